The number of methoxy groups -OCH3 is 1. The first-order valence-corrected chi connectivity index (χ1v) is 10.3. The normalized spacial score (nSPS) is 20.8. The van der Waals surface area contributed by atoms with E-state index < -0.39 is 35.9 Å². The minimum atomic E-state index is -1.18. The van der Waals surface area contributed by atoms with E-state index >= 15 is 0 Å². The second kappa shape index (κ2) is 10.0. The van der Waals surface area contributed by atoms with Gasteiger partial charge in [-0.05, 0) is 31.4 Å². The van der Waals surface area contributed by atoms with E-state index in [2.05, 4.69) is 0 Å². The molecule has 1 N–H and O–H groups in total. The Balaban J connectivity index is 1.92. The predicted molar refractivity (Wildman–Crippen MR) is 114 cm³/mol. The molecule has 3 rings (SSSR count). The summed E-state index contributed by atoms with van der Waals surface area (Å²) >= 11 is 0. The zero-order valence-corrected chi connectivity index (χ0v) is 18.1. The molecule has 0 saturated carbocycles. The molecule has 3 atom stereocenters. The lowest BCUT2D eigenvalue weighted by Crippen LogP contribution is -2.51. The molecular weight excluding hydrogens is 398 g/mol. The number of esters is 1. The molecule has 166 valence electrons. The van der Waals surface area contributed by atoms with Gasteiger partial charge in [-0.25, -0.2) is 4.79 Å². The molecular formula is C24H29NO6. The van der Waals surface area contributed by atoms with E-state index in [-0.39, 0.29) is 13.2 Å². The number of hydrogen-bond acceptors (Lipinski definition) is 6. The first-order chi connectivity index (χ1) is 14.8. The van der Waals surface area contributed by atoms with Crippen LogP contribution in [0.15, 0.2) is 60.7 Å². The maximum atomic E-state index is 13.7. The molecule has 2 aromatic rings. The van der Waals surface area contributed by atoms with Gasteiger partial charge in [0, 0.05) is 6.54 Å². The molecule has 0 aromatic heterocycles. The second-order valence-electron chi connectivity index (χ2n) is 7.98. The summed E-state index contributed by atoms with van der Waals surface area (Å²) in [5, 5.41) is 10.2. The Morgan fingerprint density at radius 2 is 1.55 bits per heavy atom. The maximum absolute atomic E-state index is 13.7. The molecule has 0 unspecified atom stereocenters. The lowest BCUT2D eigenvalue weighted by molar-refractivity contribution is -0.170. The van der Waals surface area contributed by atoms with Crippen LogP contribution >= 0.6 is 0 Å². The van der Waals surface area contributed by atoms with E-state index in [1.165, 1.54) is 7.11 Å². The second-order valence-corrected chi connectivity index (χ2v) is 7.98. The highest BCUT2D eigenvalue weighted by Gasteiger charge is 2.51. The molecule has 0 spiro atoms. The largest absolute Gasteiger partial charge is 0.467 e. The number of carbonyl (C=O) groups excluding carboxylic acids is 2. The van der Waals surface area contributed by atoms with Crippen molar-refractivity contribution in [1.82, 2.24) is 4.90 Å². The Labute approximate surface area is 182 Å². The lowest BCUT2D eigenvalue weighted by Gasteiger charge is -2.33. The van der Waals surface area contributed by atoms with E-state index in [1.54, 1.807) is 18.7 Å². The standard InChI is InChI=1S/C24H29NO6/c1-24(2)30-20(21(31-24)23(28)29-3)22(27)25(15-18-12-8-5-9-13-18)19(16-26)14-17-10-6-4-7-11-17/h4-13,19-21,26H,14-16H2,1-3H3/t19-,20-,21+/m1/s1. The first kappa shape index (κ1) is 22.9. The molecule has 1 aliphatic rings. The van der Waals surface area contributed by atoms with Crippen molar-refractivity contribution < 1.29 is 28.9 Å². The van der Waals surface area contributed by atoms with Crippen molar-refractivity contribution >= 4 is 11.9 Å². The summed E-state index contributed by atoms with van der Waals surface area (Å²) in [4.78, 5) is 27.5. The van der Waals surface area contributed by atoms with E-state index in [0.29, 0.717) is 6.42 Å². The van der Waals surface area contributed by atoms with Gasteiger partial charge in [0.25, 0.3) is 5.91 Å². The molecule has 1 fully saturated rings. The lowest BCUT2D eigenvalue weighted by atomic mass is 10.0. The van der Waals surface area contributed by atoms with Gasteiger partial charge in [0.2, 0.25) is 0 Å². The van der Waals surface area contributed by atoms with Gasteiger partial charge >= 0.3 is 5.97 Å². The van der Waals surface area contributed by atoms with Gasteiger partial charge in [-0.15, -0.1) is 0 Å². The molecule has 1 heterocycles. The van der Waals surface area contributed by atoms with Gasteiger partial charge < -0.3 is 24.2 Å². The highest BCUT2D eigenvalue weighted by molar-refractivity contribution is 5.89. The summed E-state index contributed by atoms with van der Waals surface area (Å²) in [5.74, 6) is -2.22. The van der Waals surface area contributed by atoms with Crippen LogP contribution in [-0.4, -0.2) is 59.6 Å². The molecule has 7 nitrogen and oxygen atoms in total. The van der Waals surface area contributed by atoms with Crippen molar-refractivity contribution in [3.8, 4) is 0 Å². The quantitative estimate of drug-likeness (QED) is 0.651. The number of ether oxygens (including phenoxy) is 3. The Morgan fingerprint density at radius 1 is 1.00 bits per heavy atom. The Hall–Kier alpha value is -2.74. The zero-order valence-electron chi connectivity index (χ0n) is 18.1. The SMILES string of the molecule is COC(=O)[C@H]1OC(C)(C)O[C@H]1C(=O)N(Cc1ccccc1)[C@@H](CO)Cc1ccccc1. The van der Waals surface area contributed by atoms with Crippen LogP contribution in [0.2, 0.25) is 0 Å². The number of benzene rings is 2. The van der Waals surface area contributed by atoms with Crippen LogP contribution in [0.5, 0.6) is 0 Å². The molecule has 1 amide bonds. The number of nitrogens with zero attached hydrogens (tertiary/aromatic N) is 1. The number of hydrogen-bond donors (Lipinski definition) is 1. The number of aliphatic hydroxyl groups excluding tert-OH is 1. The molecule has 31 heavy (non-hydrogen) atoms. The summed E-state index contributed by atoms with van der Waals surface area (Å²) in [7, 11) is 1.24. The van der Waals surface area contributed by atoms with E-state index in [4.69, 9.17) is 14.2 Å². The minimum Gasteiger partial charge on any atom is -0.467 e. The van der Waals surface area contributed by atoms with E-state index in [1.807, 2.05) is 60.7 Å². The average molecular weight is 427 g/mol. The van der Waals surface area contributed by atoms with Crippen molar-refractivity contribution in [3.63, 3.8) is 0 Å². The number of carbonyl (C=O) groups is 2. The van der Waals surface area contributed by atoms with Crippen LogP contribution in [0.3, 0.4) is 0 Å². The minimum absolute atomic E-state index is 0.243. The highest BCUT2D eigenvalue weighted by Crippen LogP contribution is 2.31. The molecule has 7 heteroatoms. The van der Waals surface area contributed by atoms with Crippen molar-refractivity contribution in [2.45, 2.75) is 50.8 Å². The fraction of sp³-hybridized carbons (Fsp3) is 0.417. The Kier molecular flexibility index (Phi) is 7.43. The third kappa shape index (κ3) is 5.70. The van der Waals surface area contributed by atoms with Gasteiger partial charge in [0.1, 0.15) is 0 Å². The van der Waals surface area contributed by atoms with Crippen LogP contribution in [0, 0.1) is 0 Å². The summed E-state index contributed by atoms with van der Waals surface area (Å²) in [5.41, 5.74) is 1.89. The van der Waals surface area contributed by atoms with Crippen LogP contribution in [0.1, 0.15) is 25.0 Å². The van der Waals surface area contributed by atoms with Gasteiger partial charge in [-0.1, -0.05) is 60.7 Å². The summed E-state index contributed by atoms with van der Waals surface area (Å²) in [6.45, 7) is 3.30. The van der Waals surface area contributed by atoms with Gasteiger partial charge in [0.05, 0.1) is 19.8 Å². The van der Waals surface area contributed by atoms with E-state index in [9.17, 15) is 14.7 Å². The van der Waals surface area contributed by atoms with Gasteiger partial charge in [-0.2, -0.15) is 0 Å². The Bertz CT molecular complexity index is 870. The number of aliphatic hydroxyl groups is 1. The summed E-state index contributed by atoms with van der Waals surface area (Å²) in [6.07, 6.45) is -1.90. The monoisotopic (exact) mass is 427 g/mol. The van der Waals surface area contributed by atoms with E-state index in [0.717, 1.165) is 11.1 Å². The molecule has 0 radical (unpaired) electrons. The van der Waals surface area contributed by atoms with Crippen molar-refractivity contribution in [3.05, 3.63) is 71.8 Å². The van der Waals surface area contributed by atoms with Crippen molar-refractivity contribution in [2.75, 3.05) is 13.7 Å². The van der Waals surface area contributed by atoms with Crippen LogP contribution in [0.25, 0.3) is 0 Å². The molecule has 1 saturated heterocycles. The smallest absolute Gasteiger partial charge is 0.338 e. The molecule has 2 aromatic carbocycles. The predicted octanol–water partition coefficient (Wildman–Crippen LogP) is 2.31. The third-order valence-electron chi connectivity index (χ3n) is 5.22. The molecule has 1 aliphatic heterocycles. The first-order valence-electron chi connectivity index (χ1n) is 10.3. The highest BCUT2D eigenvalue weighted by atomic mass is 16.8. The number of rotatable bonds is 8. The summed E-state index contributed by atoms with van der Waals surface area (Å²) < 4.78 is 16.3. The van der Waals surface area contributed by atoms with Crippen LogP contribution < -0.4 is 0 Å². The van der Waals surface area contributed by atoms with Crippen LogP contribution in [-0.2, 0) is 36.8 Å². The topological polar surface area (TPSA) is 85.3 Å². The molecule has 0 bridgehead atoms. The fourth-order valence-electron chi connectivity index (χ4n) is 3.72. The Morgan fingerprint density at radius 3 is 2.10 bits per heavy atom. The van der Waals surface area contributed by atoms with Gasteiger partial charge in [0.15, 0.2) is 18.0 Å². The van der Waals surface area contributed by atoms with Crippen molar-refractivity contribution in [2.24, 2.45) is 0 Å². The molecule has 0 aliphatic carbocycles. The zero-order chi connectivity index (χ0) is 22.4. The summed E-state index contributed by atoms with van der Waals surface area (Å²) in [6, 6.07) is 18.6. The maximum Gasteiger partial charge on any atom is 0.338 e. The fourth-order valence-corrected chi connectivity index (χ4v) is 3.72. The van der Waals surface area contributed by atoms with Crippen molar-refractivity contribution in [1.29, 1.82) is 0 Å². The van der Waals surface area contributed by atoms with Gasteiger partial charge in [-0.3, -0.25) is 4.79 Å². The average Bonchev–Trinajstić information content (AvgIpc) is 3.12. The number of amides is 1. The van der Waals surface area contributed by atoms with Crippen LogP contribution in [0.4, 0.5) is 0 Å². The third-order valence-corrected chi connectivity index (χ3v) is 5.22.